The van der Waals surface area contributed by atoms with Gasteiger partial charge >= 0.3 is 12.0 Å². The van der Waals surface area contributed by atoms with E-state index in [2.05, 4.69) is 10.6 Å². The minimum absolute atomic E-state index is 0.00842. The van der Waals surface area contributed by atoms with Crippen LogP contribution in [-0.2, 0) is 9.59 Å². The van der Waals surface area contributed by atoms with Gasteiger partial charge < -0.3 is 20.6 Å². The van der Waals surface area contributed by atoms with Crippen LogP contribution in [0.25, 0.3) is 0 Å². The number of amides is 3. The minimum atomic E-state index is -0.762. The van der Waals surface area contributed by atoms with Crippen LogP contribution >= 0.6 is 0 Å². The highest BCUT2D eigenvalue weighted by molar-refractivity contribution is 5.84. The van der Waals surface area contributed by atoms with Gasteiger partial charge in [0.05, 0.1) is 5.92 Å². The van der Waals surface area contributed by atoms with Gasteiger partial charge in [0, 0.05) is 19.1 Å². The van der Waals surface area contributed by atoms with E-state index in [9.17, 15) is 14.4 Å². The van der Waals surface area contributed by atoms with Gasteiger partial charge in [0.25, 0.3) is 0 Å². The molecule has 120 valence electrons. The number of hydrogen-bond acceptors (Lipinski definition) is 3. The van der Waals surface area contributed by atoms with Crippen LogP contribution in [0.1, 0.15) is 39.5 Å². The third kappa shape index (κ3) is 6.01. The molecule has 21 heavy (non-hydrogen) atoms. The van der Waals surface area contributed by atoms with Crippen molar-refractivity contribution in [2.24, 2.45) is 5.92 Å². The van der Waals surface area contributed by atoms with Crippen LogP contribution in [0.4, 0.5) is 4.79 Å². The molecular weight excluding hydrogens is 274 g/mol. The molecule has 0 heterocycles. The third-order valence-corrected chi connectivity index (χ3v) is 3.58. The molecule has 0 saturated heterocycles. The fourth-order valence-electron chi connectivity index (χ4n) is 2.42. The molecule has 0 spiro atoms. The van der Waals surface area contributed by atoms with Crippen molar-refractivity contribution in [1.29, 1.82) is 0 Å². The van der Waals surface area contributed by atoms with Crippen molar-refractivity contribution in [3.8, 4) is 0 Å². The Hall–Kier alpha value is -1.79. The third-order valence-electron chi connectivity index (χ3n) is 3.58. The van der Waals surface area contributed by atoms with Crippen molar-refractivity contribution in [3.63, 3.8) is 0 Å². The number of nitrogens with one attached hydrogen (secondary N) is 2. The van der Waals surface area contributed by atoms with E-state index in [1.807, 2.05) is 13.8 Å². The molecule has 7 heteroatoms. The van der Waals surface area contributed by atoms with Gasteiger partial charge in [-0.1, -0.05) is 0 Å². The zero-order valence-corrected chi connectivity index (χ0v) is 12.9. The monoisotopic (exact) mass is 299 g/mol. The zero-order valence-electron chi connectivity index (χ0n) is 12.9. The van der Waals surface area contributed by atoms with E-state index >= 15 is 0 Å². The topological polar surface area (TPSA) is 98.7 Å². The van der Waals surface area contributed by atoms with Crippen LogP contribution in [0.3, 0.4) is 0 Å². The molecule has 0 bridgehead atoms. The maximum Gasteiger partial charge on any atom is 0.317 e. The van der Waals surface area contributed by atoms with Crippen LogP contribution in [0.2, 0.25) is 0 Å². The Labute approximate surface area is 125 Å². The predicted molar refractivity (Wildman–Crippen MR) is 77.8 cm³/mol. The zero-order chi connectivity index (χ0) is 16.0. The van der Waals surface area contributed by atoms with Gasteiger partial charge in [-0.05, 0) is 39.5 Å². The summed E-state index contributed by atoms with van der Waals surface area (Å²) in [6.45, 7) is 3.73. The van der Waals surface area contributed by atoms with Crippen LogP contribution in [-0.4, -0.2) is 53.6 Å². The Bertz CT molecular complexity index is 390. The van der Waals surface area contributed by atoms with E-state index in [1.54, 1.807) is 7.05 Å². The molecule has 1 aliphatic rings. The molecule has 0 atom stereocenters. The molecule has 0 aromatic heterocycles. The smallest absolute Gasteiger partial charge is 0.317 e. The first kappa shape index (κ1) is 17.3. The quantitative estimate of drug-likeness (QED) is 0.699. The van der Waals surface area contributed by atoms with Crippen LogP contribution in [0, 0.1) is 5.92 Å². The van der Waals surface area contributed by atoms with Gasteiger partial charge in [-0.25, -0.2) is 4.79 Å². The second-order valence-corrected chi connectivity index (χ2v) is 5.91. The number of hydrogen-bond donors (Lipinski definition) is 3. The van der Waals surface area contributed by atoms with Gasteiger partial charge in [-0.2, -0.15) is 0 Å². The molecule has 0 unspecified atom stereocenters. The average molecular weight is 299 g/mol. The van der Waals surface area contributed by atoms with Crippen molar-refractivity contribution in [2.45, 2.75) is 51.6 Å². The molecule has 1 fully saturated rings. The molecule has 0 radical (unpaired) electrons. The number of urea groups is 1. The lowest BCUT2D eigenvalue weighted by molar-refractivity contribution is -0.142. The summed E-state index contributed by atoms with van der Waals surface area (Å²) in [5.74, 6) is -1.26. The second-order valence-electron chi connectivity index (χ2n) is 5.91. The fraction of sp³-hybridized carbons (Fsp3) is 0.786. The summed E-state index contributed by atoms with van der Waals surface area (Å²) < 4.78 is 0. The van der Waals surface area contributed by atoms with Crippen molar-refractivity contribution in [1.82, 2.24) is 15.5 Å². The van der Waals surface area contributed by atoms with Crippen LogP contribution < -0.4 is 10.6 Å². The predicted octanol–water partition coefficient (Wildman–Crippen LogP) is 0.796. The SMILES string of the molecule is CC(C)NC(=O)CN(C)C(=O)NC1CCC(C(=O)O)CC1. The van der Waals surface area contributed by atoms with Gasteiger partial charge in [-0.15, -0.1) is 0 Å². The lowest BCUT2D eigenvalue weighted by Crippen LogP contribution is -2.48. The first-order valence-electron chi connectivity index (χ1n) is 7.33. The number of rotatable bonds is 5. The number of carbonyl (C=O) groups excluding carboxylic acids is 2. The molecule has 0 aromatic rings. The van der Waals surface area contributed by atoms with E-state index < -0.39 is 5.97 Å². The van der Waals surface area contributed by atoms with E-state index in [0.717, 1.165) is 0 Å². The van der Waals surface area contributed by atoms with E-state index in [4.69, 9.17) is 5.11 Å². The lowest BCUT2D eigenvalue weighted by atomic mass is 9.86. The van der Waals surface area contributed by atoms with Crippen molar-refractivity contribution in [2.75, 3.05) is 13.6 Å². The summed E-state index contributed by atoms with van der Waals surface area (Å²) in [6, 6.07) is -0.267. The molecule has 1 aliphatic carbocycles. The summed E-state index contributed by atoms with van der Waals surface area (Å²) in [6.07, 6.45) is 2.49. The highest BCUT2D eigenvalue weighted by Crippen LogP contribution is 2.24. The molecule has 7 nitrogen and oxygen atoms in total. The number of carboxylic acid groups (broad SMARTS) is 1. The Morgan fingerprint density at radius 1 is 1.19 bits per heavy atom. The van der Waals surface area contributed by atoms with Crippen LogP contribution in [0.15, 0.2) is 0 Å². The number of aliphatic carboxylic acids is 1. The van der Waals surface area contributed by atoms with Crippen molar-refractivity contribution in [3.05, 3.63) is 0 Å². The molecule has 0 aromatic carbocycles. The molecule has 1 rings (SSSR count). The molecule has 3 N–H and O–H groups in total. The highest BCUT2D eigenvalue weighted by atomic mass is 16.4. The van der Waals surface area contributed by atoms with Crippen molar-refractivity contribution < 1.29 is 19.5 Å². The van der Waals surface area contributed by atoms with Crippen LogP contribution in [0.5, 0.6) is 0 Å². The molecular formula is C14H25N3O4. The summed E-state index contributed by atoms with van der Waals surface area (Å²) in [5.41, 5.74) is 0. The largest absolute Gasteiger partial charge is 0.481 e. The van der Waals surface area contributed by atoms with Gasteiger partial charge in [0.1, 0.15) is 6.54 Å². The second kappa shape index (κ2) is 7.85. The normalized spacial score (nSPS) is 21.7. The number of likely N-dealkylation sites (N-methyl/N-ethyl adjacent to an activating group) is 1. The first-order valence-corrected chi connectivity index (χ1v) is 7.33. The minimum Gasteiger partial charge on any atom is -0.481 e. The van der Waals surface area contributed by atoms with Gasteiger partial charge in [0.2, 0.25) is 5.91 Å². The maximum atomic E-state index is 12.0. The summed E-state index contributed by atoms with van der Waals surface area (Å²) >= 11 is 0. The summed E-state index contributed by atoms with van der Waals surface area (Å²) in [5, 5.41) is 14.5. The number of carbonyl (C=O) groups is 3. The summed E-state index contributed by atoms with van der Waals surface area (Å²) in [4.78, 5) is 35.7. The van der Waals surface area contributed by atoms with Gasteiger partial charge in [-0.3, -0.25) is 9.59 Å². The van der Waals surface area contributed by atoms with Gasteiger partial charge in [0.15, 0.2) is 0 Å². The Kier molecular flexibility index (Phi) is 6.45. The average Bonchev–Trinajstić information content (AvgIpc) is 2.38. The molecule has 0 aliphatic heterocycles. The van der Waals surface area contributed by atoms with E-state index in [1.165, 1.54) is 4.90 Å². The maximum absolute atomic E-state index is 12.0. The lowest BCUT2D eigenvalue weighted by Gasteiger charge is -2.28. The summed E-state index contributed by atoms with van der Waals surface area (Å²) in [7, 11) is 1.57. The Morgan fingerprint density at radius 3 is 2.24 bits per heavy atom. The van der Waals surface area contributed by atoms with E-state index in [0.29, 0.717) is 25.7 Å². The van der Waals surface area contributed by atoms with E-state index in [-0.39, 0.29) is 36.5 Å². The number of carboxylic acids is 1. The molecule has 3 amide bonds. The first-order chi connectivity index (χ1) is 9.79. The number of nitrogens with zero attached hydrogens (tertiary/aromatic N) is 1. The van der Waals surface area contributed by atoms with Crippen molar-refractivity contribution >= 4 is 17.9 Å². The standard InChI is InChI=1S/C14H25N3O4/c1-9(2)15-12(18)8-17(3)14(21)16-11-6-4-10(5-7-11)13(19)20/h9-11H,4-8H2,1-3H3,(H,15,18)(H,16,21)(H,19,20). The Morgan fingerprint density at radius 2 is 1.76 bits per heavy atom. The Balaban J connectivity index is 2.33. The molecule has 1 saturated carbocycles. The fourth-order valence-corrected chi connectivity index (χ4v) is 2.42. The highest BCUT2D eigenvalue weighted by Gasteiger charge is 2.27.